The number of aryl methyl sites for hydroxylation is 1. The number of ketones is 2. The molecule has 64 heavy (non-hydrogen) atoms. The maximum atomic E-state index is 13.1. The van der Waals surface area contributed by atoms with E-state index < -0.39 is 10.1 Å². The smallest absolute Gasteiger partial charge is 0.296 e. The van der Waals surface area contributed by atoms with Crippen molar-refractivity contribution in [3.8, 4) is 0 Å². The molecule has 0 bridgehead atoms. The average Bonchev–Trinajstić information content (AvgIpc) is 4.27. The van der Waals surface area contributed by atoms with E-state index in [-0.39, 0.29) is 39.8 Å². The summed E-state index contributed by atoms with van der Waals surface area (Å²) in [5.74, 6) is 9.09. The number of rotatable bonds is 6. The van der Waals surface area contributed by atoms with Gasteiger partial charge in [-0.2, -0.15) is 8.42 Å². The summed E-state index contributed by atoms with van der Waals surface area (Å²) in [5, 5.41) is 0. The lowest BCUT2D eigenvalue weighted by Gasteiger charge is -2.59. The summed E-state index contributed by atoms with van der Waals surface area (Å²) in [5.41, 5.74) is 4.79. The zero-order chi connectivity index (χ0) is 43.6. The number of fused-ring (bicyclic) bond motifs is 19. The molecule has 0 amide bonds. The highest BCUT2D eigenvalue weighted by Gasteiger charge is 2.79. The minimum Gasteiger partial charge on any atom is -0.366 e. The molecule has 342 valence electrons. The quantitative estimate of drug-likeness (QED) is 0.207. The third-order valence-corrected chi connectivity index (χ3v) is 23.3. The molecular weight excluding hydrogens is 817 g/mol. The summed E-state index contributed by atoms with van der Waals surface area (Å²) in [6.07, 6.45) is 32.2. The predicted octanol–water partition coefficient (Wildman–Crippen LogP) is 10.7. The zero-order valence-electron chi connectivity index (χ0n) is 38.5. The van der Waals surface area contributed by atoms with E-state index in [1.54, 1.807) is 29.8 Å². The molecule has 7 nitrogen and oxygen atoms in total. The van der Waals surface area contributed by atoms with Crippen molar-refractivity contribution in [2.75, 3.05) is 19.8 Å². The van der Waals surface area contributed by atoms with Gasteiger partial charge in [0.2, 0.25) is 0 Å². The Bertz CT molecular complexity index is 2390. The van der Waals surface area contributed by atoms with Crippen LogP contribution < -0.4 is 0 Å². The Labute approximate surface area is 381 Å². The first-order valence-electron chi connectivity index (χ1n) is 26.0. The normalized spacial score (nSPS) is 48.8. The number of allylic oxidation sites excluding steroid dienone is 1. The first-order valence-corrected chi connectivity index (χ1v) is 27.4. The number of hydrogen-bond donors (Lipinski definition) is 0. The average molecular weight is 887 g/mol. The zero-order valence-corrected chi connectivity index (χ0v) is 39.3. The van der Waals surface area contributed by atoms with Gasteiger partial charge in [-0.1, -0.05) is 67.0 Å². The van der Waals surface area contributed by atoms with Crippen LogP contribution in [0.15, 0.2) is 76.8 Å². The Morgan fingerprint density at radius 3 is 1.83 bits per heavy atom. The van der Waals surface area contributed by atoms with Crippen molar-refractivity contribution in [3.05, 3.63) is 77.4 Å². The predicted molar refractivity (Wildman–Crippen MR) is 244 cm³/mol. The Kier molecular flexibility index (Phi) is 9.22. The molecule has 0 aromatic heterocycles. The van der Waals surface area contributed by atoms with Crippen LogP contribution in [0.25, 0.3) is 0 Å². The van der Waals surface area contributed by atoms with E-state index in [0.29, 0.717) is 58.5 Å². The minimum absolute atomic E-state index is 0.0304. The Morgan fingerprint density at radius 2 is 1.25 bits per heavy atom. The van der Waals surface area contributed by atoms with Crippen LogP contribution in [0.5, 0.6) is 0 Å². The second-order valence-corrected chi connectivity index (χ2v) is 25.4. The molecule has 11 aliphatic carbocycles. The molecule has 9 fully saturated rings. The van der Waals surface area contributed by atoms with Gasteiger partial charge in [0.1, 0.15) is 0 Å². The van der Waals surface area contributed by atoms with Crippen molar-refractivity contribution in [1.29, 1.82) is 0 Å². The van der Waals surface area contributed by atoms with Crippen LogP contribution in [0, 0.1) is 100 Å². The van der Waals surface area contributed by atoms with Crippen molar-refractivity contribution in [2.45, 2.75) is 140 Å². The van der Waals surface area contributed by atoms with Crippen molar-refractivity contribution in [3.63, 3.8) is 0 Å². The third kappa shape index (κ3) is 5.52. The van der Waals surface area contributed by atoms with E-state index in [2.05, 4.69) is 44.2 Å². The largest absolute Gasteiger partial charge is 0.366 e. The second-order valence-electron chi connectivity index (χ2n) is 23.8. The molecule has 2 aliphatic heterocycles. The maximum absolute atomic E-state index is 13.1. The molecule has 1 aromatic rings. The van der Waals surface area contributed by atoms with Gasteiger partial charge in [-0.05, 0) is 198 Å². The van der Waals surface area contributed by atoms with Crippen LogP contribution in [0.3, 0.4) is 0 Å². The van der Waals surface area contributed by atoms with Gasteiger partial charge in [0.05, 0.1) is 35.9 Å². The summed E-state index contributed by atoms with van der Waals surface area (Å²) in [6.45, 7) is 8.45. The molecule has 13 aliphatic rings. The van der Waals surface area contributed by atoms with Crippen LogP contribution in [-0.4, -0.2) is 51.0 Å². The highest BCUT2D eigenvalue weighted by atomic mass is 32.2. The fourth-order valence-corrected chi connectivity index (χ4v) is 20.5. The molecule has 14 rings (SSSR count). The summed E-state index contributed by atoms with van der Waals surface area (Å²) >= 11 is 0. The molecule has 0 saturated heterocycles. The lowest BCUT2D eigenvalue weighted by molar-refractivity contribution is -0.146. The van der Waals surface area contributed by atoms with Gasteiger partial charge in [-0.25, -0.2) is 0 Å². The molecule has 2 heterocycles. The molecule has 0 radical (unpaired) electrons. The van der Waals surface area contributed by atoms with Crippen LogP contribution in [0.4, 0.5) is 0 Å². The summed E-state index contributed by atoms with van der Waals surface area (Å²) < 4.78 is 45.1. The van der Waals surface area contributed by atoms with E-state index in [1.807, 2.05) is 13.0 Å². The highest BCUT2D eigenvalue weighted by Crippen LogP contribution is 2.81. The fraction of sp³-hybridized carbons (Fsp3) is 0.714. The topological polar surface area (TPSA) is 96.0 Å². The van der Waals surface area contributed by atoms with Crippen LogP contribution in [-0.2, 0) is 33.4 Å². The van der Waals surface area contributed by atoms with E-state index in [1.165, 1.54) is 64.2 Å². The van der Waals surface area contributed by atoms with Gasteiger partial charge in [-0.15, -0.1) is 0 Å². The number of carbonyl (C=O) groups excluding carboxylic acids is 2. The monoisotopic (exact) mass is 886 g/mol. The van der Waals surface area contributed by atoms with Gasteiger partial charge in [0.25, 0.3) is 10.1 Å². The molecule has 8 heteroatoms. The number of ether oxygens (including phenoxy) is 2. The second kappa shape index (κ2) is 14.2. The lowest BCUT2D eigenvalue weighted by atomic mass is 9.46. The fourth-order valence-electron chi connectivity index (χ4n) is 19.5. The standard InChI is InChI=1S/C31H38O5S.C25H32O2/c1-3-30-13-11-24-23-10-7-21(32)16-25(23)20(18-36-37(33,34)22-8-5-19(2)6-9-22)15-26(24)29(30)27-17-28(27)31(30)12-4-14-35-31;1-2-24-8-6-16-17-5-4-15(26)12-20(17)23(9-10-23)14-19(16)22(24)18-13-21(18)25(24)7-3-11-27-25/h4-6,8-9,12,16,20,23-24,26-29H,3,7,10-11,13-15,17-18H2,1-2H3;3,7,12,16-19,21-22H,2,4-6,8-11,13-14H2,1H3/t20-,23+,24?,26?,27+,28-,29?,30-,31-;16?,17-,18-,19?,21+,22?,24+,25+/m01/s1. The molecule has 0 N–H and O–H groups in total. The first-order chi connectivity index (χ1) is 30.9. The number of hydrogen-bond acceptors (Lipinski definition) is 7. The Balaban J connectivity index is 0.000000135. The van der Waals surface area contributed by atoms with Gasteiger partial charge < -0.3 is 9.47 Å². The lowest BCUT2D eigenvalue weighted by Crippen LogP contribution is -2.56. The molecule has 9 saturated carbocycles. The van der Waals surface area contributed by atoms with E-state index in [0.717, 1.165) is 92.0 Å². The molecule has 17 atom stereocenters. The van der Waals surface area contributed by atoms with E-state index in [9.17, 15) is 18.0 Å². The molecule has 1 aromatic carbocycles. The summed E-state index contributed by atoms with van der Waals surface area (Å²) in [7, 11) is -3.85. The van der Waals surface area contributed by atoms with Crippen LogP contribution in [0.1, 0.15) is 122 Å². The van der Waals surface area contributed by atoms with Crippen molar-refractivity contribution in [2.24, 2.45) is 93.2 Å². The molecule has 3 spiro atoms. The van der Waals surface area contributed by atoms with Crippen molar-refractivity contribution in [1.82, 2.24) is 0 Å². The molecular formula is C56H70O7S. The minimum atomic E-state index is -3.85. The maximum Gasteiger partial charge on any atom is 0.296 e. The SMILES string of the molecule is CC[C@]12CCC3C(CC4(CC4)C4=CC(=O)CC[C@@H]43)C1[C@@H]1C[C@@H]1[C@@]21C=CCO1.CC[C@]12CCC3C(C[C@@H](COS(=O)(=O)c4ccc(C)cc4)C4=CC(=O)CC[C@@H]43)C1[C@@H]1C[C@@H]1[C@@]21C=CCO1. The Morgan fingerprint density at radius 1 is 0.672 bits per heavy atom. The Hall–Kier alpha value is -2.65. The van der Waals surface area contributed by atoms with E-state index in [4.69, 9.17) is 13.7 Å². The number of carbonyl (C=O) groups is 2. The first kappa shape index (κ1) is 41.5. The van der Waals surface area contributed by atoms with E-state index >= 15 is 0 Å². The third-order valence-electron chi connectivity index (χ3n) is 22.0. The van der Waals surface area contributed by atoms with Gasteiger partial charge in [-0.3, -0.25) is 13.8 Å². The van der Waals surface area contributed by atoms with Crippen molar-refractivity contribution < 1.29 is 31.7 Å². The van der Waals surface area contributed by atoms with Gasteiger partial charge in [0, 0.05) is 29.6 Å². The van der Waals surface area contributed by atoms with Crippen LogP contribution >= 0.6 is 0 Å². The molecule has 6 unspecified atom stereocenters. The van der Waals surface area contributed by atoms with Gasteiger partial charge >= 0.3 is 0 Å². The van der Waals surface area contributed by atoms with Crippen molar-refractivity contribution >= 4 is 21.7 Å². The van der Waals surface area contributed by atoms with Crippen LogP contribution in [0.2, 0.25) is 0 Å². The highest BCUT2D eigenvalue weighted by molar-refractivity contribution is 7.86. The van der Waals surface area contributed by atoms with Gasteiger partial charge in [0.15, 0.2) is 11.6 Å². The summed E-state index contributed by atoms with van der Waals surface area (Å²) in [6, 6.07) is 6.83. The summed E-state index contributed by atoms with van der Waals surface area (Å²) in [4.78, 5) is 24.9. The number of benzene rings is 1.